The van der Waals surface area contributed by atoms with Crippen LogP contribution in [0.5, 0.6) is 0 Å². The highest BCUT2D eigenvalue weighted by Crippen LogP contribution is 2.47. The largest absolute Gasteiger partial charge is 0.329 e. The van der Waals surface area contributed by atoms with E-state index in [-0.39, 0.29) is 18.8 Å². The average Bonchev–Trinajstić information content (AvgIpc) is 2.45. The predicted molar refractivity (Wildman–Crippen MR) is 50.7 cm³/mol. The lowest BCUT2D eigenvalue weighted by Crippen LogP contribution is -2.35. The number of rotatable bonds is 3. The molecule has 0 amide bonds. The molecule has 0 saturated heterocycles. The summed E-state index contributed by atoms with van der Waals surface area (Å²) in [7, 11) is 0. The first-order valence-electron chi connectivity index (χ1n) is 5.01. The van der Waals surface area contributed by atoms with Crippen molar-refractivity contribution in [3.05, 3.63) is 11.6 Å². The van der Waals surface area contributed by atoms with Crippen molar-refractivity contribution in [2.24, 2.45) is 5.73 Å². The predicted octanol–water partition coefficient (Wildman–Crippen LogP) is 1.06. The smallest absolute Gasteiger partial charge is 0.249 e. The third-order valence-electron chi connectivity index (χ3n) is 2.77. The Bertz CT molecular complexity index is 353. The van der Waals surface area contributed by atoms with E-state index in [1.165, 1.54) is 0 Å². The molecule has 0 unspecified atom stereocenters. The van der Waals surface area contributed by atoms with E-state index in [4.69, 9.17) is 5.73 Å². The van der Waals surface area contributed by atoms with E-state index < -0.39 is 5.92 Å². The summed E-state index contributed by atoms with van der Waals surface area (Å²) in [4.78, 5) is 0. The van der Waals surface area contributed by atoms with Gasteiger partial charge in [-0.25, -0.2) is 8.78 Å². The number of aryl methyl sites for hydroxylation is 1. The van der Waals surface area contributed by atoms with E-state index in [1.807, 2.05) is 11.5 Å². The Morgan fingerprint density at radius 3 is 2.67 bits per heavy atom. The maximum absolute atomic E-state index is 12.7. The topological polar surface area (TPSA) is 56.7 Å². The Morgan fingerprint density at radius 2 is 2.13 bits per heavy atom. The van der Waals surface area contributed by atoms with Crippen molar-refractivity contribution in [2.75, 3.05) is 6.54 Å². The SMILES string of the molecule is Cc1nnc(C2CC(F)(F)C2)n1CCN. The normalized spacial score (nSPS) is 20.3. The van der Waals surface area contributed by atoms with Crippen LogP contribution in [0.1, 0.15) is 30.4 Å². The average molecular weight is 216 g/mol. The van der Waals surface area contributed by atoms with Crippen molar-refractivity contribution < 1.29 is 8.78 Å². The van der Waals surface area contributed by atoms with Gasteiger partial charge in [0.05, 0.1) is 0 Å². The van der Waals surface area contributed by atoms with Crippen LogP contribution in [0.15, 0.2) is 0 Å². The standard InChI is InChI=1S/C9H14F2N4/c1-6-13-14-8(15(6)3-2-12)7-4-9(10,11)5-7/h7H,2-5,12H2,1H3. The van der Waals surface area contributed by atoms with Gasteiger partial charge in [0.25, 0.3) is 0 Å². The summed E-state index contributed by atoms with van der Waals surface area (Å²) in [5.74, 6) is -1.28. The molecule has 0 spiro atoms. The molecule has 1 fully saturated rings. The van der Waals surface area contributed by atoms with E-state index in [2.05, 4.69) is 10.2 Å². The summed E-state index contributed by atoms with van der Waals surface area (Å²) < 4.78 is 27.3. The van der Waals surface area contributed by atoms with Crippen LogP contribution < -0.4 is 5.73 Å². The van der Waals surface area contributed by atoms with Crippen LogP contribution in [0, 0.1) is 6.92 Å². The Hall–Kier alpha value is -1.04. The fourth-order valence-corrected chi connectivity index (χ4v) is 1.95. The van der Waals surface area contributed by atoms with Crippen LogP contribution in [0.2, 0.25) is 0 Å². The van der Waals surface area contributed by atoms with Gasteiger partial charge in [-0.05, 0) is 6.92 Å². The molecule has 0 bridgehead atoms. The zero-order chi connectivity index (χ0) is 11.1. The van der Waals surface area contributed by atoms with Gasteiger partial charge in [0.1, 0.15) is 11.6 Å². The van der Waals surface area contributed by atoms with Gasteiger partial charge in [0.2, 0.25) is 5.92 Å². The lowest BCUT2D eigenvalue weighted by molar-refractivity contribution is -0.0891. The summed E-state index contributed by atoms with van der Waals surface area (Å²) >= 11 is 0. The van der Waals surface area contributed by atoms with Crippen molar-refractivity contribution in [1.29, 1.82) is 0 Å². The summed E-state index contributed by atoms with van der Waals surface area (Å²) in [6.07, 6.45) is -0.231. The fraction of sp³-hybridized carbons (Fsp3) is 0.778. The second-order valence-corrected chi connectivity index (χ2v) is 4.01. The number of hydrogen-bond acceptors (Lipinski definition) is 3. The van der Waals surface area contributed by atoms with Crippen molar-refractivity contribution in [1.82, 2.24) is 14.8 Å². The maximum atomic E-state index is 12.7. The molecule has 15 heavy (non-hydrogen) atoms. The molecule has 1 aliphatic rings. The van der Waals surface area contributed by atoms with E-state index in [0.29, 0.717) is 18.9 Å². The molecule has 0 aromatic carbocycles. The first-order valence-corrected chi connectivity index (χ1v) is 5.01. The van der Waals surface area contributed by atoms with Gasteiger partial charge in [-0.2, -0.15) is 0 Å². The monoisotopic (exact) mass is 216 g/mol. The van der Waals surface area contributed by atoms with Crippen LogP contribution in [-0.4, -0.2) is 27.2 Å². The van der Waals surface area contributed by atoms with E-state index in [9.17, 15) is 8.78 Å². The molecule has 6 heteroatoms. The van der Waals surface area contributed by atoms with Gasteiger partial charge in [0.15, 0.2) is 0 Å². The maximum Gasteiger partial charge on any atom is 0.249 e. The molecule has 1 aliphatic carbocycles. The van der Waals surface area contributed by atoms with Crippen LogP contribution in [-0.2, 0) is 6.54 Å². The Kier molecular flexibility index (Phi) is 2.46. The van der Waals surface area contributed by atoms with E-state index >= 15 is 0 Å². The summed E-state index contributed by atoms with van der Waals surface area (Å²) in [5.41, 5.74) is 5.45. The van der Waals surface area contributed by atoms with Crippen LogP contribution in [0.4, 0.5) is 8.78 Å². The molecule has 0 atom stereocenters. The molecular weight excluding hydrogens is 202 g/mol. The van der Waals surface area contributed by atoms with Crippen LogP contribution in [0.25, 0.3) is 0 Å². The van der Waals surface area contributed by atoms with E-state index in [0.717, 1.165) is 5.82 Å². The molecule has 4 nitrogen and oxygen atoms in total. The van der Waals surface area contributed by atoms with Crippen LogP contribution >= 0.6 is 0 Å². The van der Waals surface area contributed by atoms with Gasteiger partial charge < -0.3 is 10.3 Å². The zero-order valence-electron chi connectivity index (χ0n) is 8.58. The second-order valence-electron chi connectivity index (χ2n) is 4.01. The summed E-state index contributed by atoms with van der Waals surface area (Å²) in [6, 6.07) is 0. The first kappa shape index (κ1) is 10.5. The van der Waals surface area contributed by atoms with Crippen LogP contribution in [0.3, 0.4) is 0 Å². The molecular formula is C9H14F2N4. The summed E-state index contributed by atoms with van der Waals surface area (Å²) in [5, 5.41) is 7.84. The number of aromatic nitrogens is 3. The van der Waals surface area contributed by atoms with Gasteiger partial charge in [0, 0.05) is 31.8 Å². The molecule has 1 aromatic rings. The van der Waals surface area contributed by atoms with E-state index in [1.54, 1.807) is 0 Å². The highest BCUT2D eigenvalue weighted by molar-refractivity contribution is 5.09. The Morgan fingerprint density at radius 1 is 1.47 bits per heavy atom. The first-order chi connectivity index (χ1) is 7.03. The minimum absolute atomic E-state index is 0.115. The number of halogens is 2. The third kappa shape index (κ3) is 1.86. The highest BCUT2D eigenvalue weighted by Gasteiger charge is 2.48. The van der Waals surface area contributed by atoms with Gasteiger partial charge in [-0.3, -0.25) is 0 Å². The molecule has 1 aromatic heterocycles. The highest BCUT2D eigenvalue weighted by atomic mass is 19.3. The molecule has 0 aliphatic heterocycles. The number of nitrogens with two attached hydrogens (primary N) is 1. The molecule has 1 saturated carbocycles. The number of hydrogen-bond donors (Lipinski definition) is 1. The molecule has 2 N–H and O–H groups in total. The number of nitrogens with zero attached hydrogens (tertiary/aromatic N) is 3. The lowest BCUT2D eigenvalue weighted by atomic mass is 9.81. The minimum Gasteiger partial charge on any atom is -0.329 e. The van der Waals surface area contributed by atoms with Crippen molar-refractivity contribution >= 4 is 0 Å². The van der Waals surface area contributed by atoms with Crippen molar-refractivity contribution in [2.45, 2.75) is 38.2 Å². The minimum atomic E-state index is -2.52. The second kappa shape index (κ2) is 3.52. The van der Waals surface area contributed by atoms with Gasteiger partial charge in [-0.1, -0.05) is 0 Å². The Labute approximate surface area is 86.5 Å². The Balaban J connectivity index is 2.15. The van der Waals surface area contributed by atoms with Crippen molar-refractivity contribution in [3.8, 4) is 0 Å². The molecule has 84 valence electrons. The fourth-order valence-electron chi connectivity index (χ4n) is 1.95. The van der Waals surface area contributed by atoms with Crippen molar-refractivity contribution in [3.63, 3.8) is 0 Å². The molecule has 1 heterocycles. The van der Waals surface area contributed by atoms with Gasteiger partial charge >= 0.3 is 0 Å². The molecule has 2 rings (SSSR count). The zero-order valence-corrected chi connectivity index (χ0v) is 8.58. The van der Waals surface area contributed by atoms with Gasteiger partial charge in [-0.15, -0.1) is 10.2 Å². The summed E-state index contributed by atoms with van der Waals surface area (Å²) in [6.45, 7) is 2.87. The molecule has 0 radical (unpaired) electrons. The lowest BCUT2D eigenvalue weighted by Gasteiger charge is -2.34. The number of alkyl halides is 2. The third-order valence-corrected chi connectivity index (χ3v) is 2.77. The quantitative estimate of drug-likeness (QED) is 0.821.